The second-order valence-corrected chi connectivity index (χ2v) is 3.92. The van der Waals surface area contributed by atoms with Crippen LogP contribution in [0.2, 0.25) is 0 Å². The Labute approximate surface area is 89.7 Å². The number of esters is 1. The van der Waals surface area contributed by atoms with Crippen LogP contribution in [-0.2, 0) is 15.1 Å². The van der Waals surface area contributed by atoms with Gasteiger partial charge in [-0.2, -0.15) is 0 Å². The van der Waals surface area contributed by atoms with Gasteiger partial charge in [0.2, 0.25) is 0 Å². The molecule has 3 heteroatoms. The number of aryl methyl sites for hydroxylation is 1. The van der Waals surface area contributed by atoms with Crippen molar-refractivity contribution in [2.45, 2.75) is 26.4 Å². The fourth-order valence-electron chi connectivity index (χ4n) is 1.24. The maximum atomic E-state index is 10.6. The van der Waals surface area contributed by atoms with E-state index in [0.717, 1.165) is 11.1 Å². The Hall–Kier alpha value is -1.35. The molecule has 1 N–H and O–H groups in total. The Morgan fingerprint density at radius 3 is 2.40 bits per heavy atom. The van der Waals surface area contributed by atoms with Gasteiger partial charge in [0.05, 0.1) is 0 Å². The van der Waals surface area contributed by atoms with E-state index in [1.54, 1.807) is 6.92 Å². The molecule has 0 radical (unpaired) electrons. The SMILES string of the molecule is CC(=O)OC[C@](C)(O)c1ccc(C)cc1. The number of hydrogen-bond acceptors (Lipinski definition) is 3. The molecule has 1 aromatic rings. The highest BCUT2D eigenvalue weighted by Crippen LogP contribution is 2.21. The Kier molecular flexibility index (Phi) is 3.48. The van der Waals surface area contributed by atoms with Crippen molar-refractivity contribution in [3.63, 3.8) is 0 Å². The highest BCUT2D eigenvalue weighted by Gasteiger charge is 2.24. The molecule has 1 atom stereocenters. The normalized spacial score (nSPS) is 14.4. The molecule has 0 fully saturated rings. The number of ether oxygens (including phenoxy) is 1. The summed E-state index contributed by atoms with van der Waals surface area (Å²) in [6, 6.07) is 7.49. The minimum absolute atomic E-state index is 0.0224. The Morgan fingerprint density at radius 1 is 1.40 bits per heavy atom. The second-order valence-electron chi connectivity index (χ2n) is 3.92. The molecule has 0 spiro atoms. The zero-order valence-electron chi connectivity index (χ0n) is 9.28. The van der Waals surface area contributed by atoms with Crippen molar-refractivity contribution in [2.75, 3.05) is 6.61 Å². The zero-order chi connectivity index (χ0) is 11.5. The van der Waals surface area contributed by atoms with Crippen LogP contribution in [-0.4, -0.2) is 17.7 Å². The van der Waals surface area contributed by atoms with Crippen molar-refractivity contribution in [1.82, 2.24) is 0 Å². The smallest absolute Gasteiger partial charge is 0.302 e. The maximum Gasteiger partial charge on any atom is 0.302 e. The first kappa shape index (κ1) is 11.7. The summed E-state index contributed by atoms with van der Waals surface area (Å²) in [6.45, 7) is 4.90. The molecule has 15 heavy (non-hydrogen) atoms. The van der Waals surface area contributed by atoms with Crippen LogP contribution in [0.5, 0.6) is 0 Å². The predicted octanol–water partition coefficient (Wildman–Crippen LogP) is 1.77. The molecule has 82 valence electrons. The van der Waals surface area contributed by atoms with Crippen molar-refractivity contribution < 1.29 is 14.6 Å². The molecule has 0 saturated heterocycles. The highest BCUT2D eigenvalue weighted by molar-refractivity contribution is 5.66. The first-order valence-corrected chi connectivity index (χ1v) is 4.85. The number of carbonyl (C=O) groups is 1. The minimum atomic E-state index is -1.13. The molecule has 0 aliphatic heterocycles. The zero-order valence-corrected chi connectivity index (χ0v) is 9.28. The van der Waals surface area contributed by atoms with Crippen molar-refractivity contribution in [3.8, 4) is 0 Å². The highest BCUT2D eigenvalue weighted by atomic mass is 16.5. The number of aliphatic hydroxyl groups is 1. The van der Waals surface area contributed by atoms with E-state index >= 15 is 0 Å². The van der Waals surface area contributed by atoms with Gasteiger partial charge in [0.1, 0.15) is 12.2 Å². The number of carbonyl (C=O) groups excluding carboxylic acids is 1. The van der Waals surface area contributed by atoms with Gasteiger partial charge >= 0.3 is 5.97 Å². The van der Waals surface area contributed by atoms with E-state index in [0.29, 0.717) is 0 Å². The number of hydrogen-bond donors (Lipinski definition) is 1. The van der Waals surface area contributed by atoms with Crippen LogP contribution in [0.3, 0.4) is 0 Å². The molecule has 1 aromatic carbocycles. The van der Waals surface area contributed by atoms with Crippen molar-refractivity contribution in [3.05, 3.63) is 35.4 Å². The van der Waals surface area contributed by atoms with Crippen molar-refractivity contribution in [1.29, 1.82) is 0 Å². The average molecular weight is 208 g/mol. The van der Waals surface area contributed by atoms with E-state index in [4.69, 9.17) is 4.74 Å². The molecule has 0 aliphatic rings. The first-order valence-electron chi connectivity index (χ1n) is 4.85. The second kappa shape index (κ2) is 4.45. The molecular weight excluding hydrogens is 192 g/mol. The van der Waals surface area contributed by atoms with E-state index in [1.807, 2.05) is 31.2 Å². The van der Waals surface area contributed by atoms with Gasteiger partial charge in [0.25, 0.3) is 0 Å². The molecule has 0 bridgehead atoms. The molecule has 0 heterocycles. The minimum Gasteiger partial charge on any atom is -0.462 e. The van der Waals surface area contributed by atoms with Gasteiger partial charge in [-0.15, -0.1) is 0 Å². The van der Waals surface area contributed by atoms with Crippen LogP contribution in [0.15, 0.2) is 24.3 Å². The van der Waals surface area contributed by atoms with Crippen LogP contribution in [0, 0.1) is 6.92 Å². The first-order chi connectivity index (χ1) is 6.92. The lowest BCUT2D eigenvalue weighted by Crippen LogP contribution is -2.28. The molecule has 0 unspecified atom stereocenters. The van der Waals surface area contributed by atoms with Gasteiger partial charge in [-0.25, -0.2) is 0 Å². The summed E-state index contributed by atoms with van der Waals surface area (Å²) in [6.07, 6.45) is 0. The molecular formula is C12H16O3. The summed E-state index contributed by atoms with van der Waals surface area (Å²) in [7, 11) is 0. The fraction of sp³-hybridized carbons (Fsp3) is 0.417. The van der Waals surface area contributed by atoms with Crippen LogP contribution in [0.25, 0.3) is 0 Å². The molecule has 0 amide bonds. The van der Waals surface area contributed by atoms with Gasteiger partial charge in [-0.05, 0) is 19.4 Å². The lowest BCUT2D eigenvalue weighted by Gasteiger charge is -2.23. The molecule has 0 saturated carbocycles. The number of benzene rings is 1. The van der Waals surface area contributed by atoms with Gasteiger partial charge in [0, 0.05) is 6.92 Å². The van der Waals surface area contributed by atoms with Crippen molar-refractivity contribution >= 4 is 5.97 Å². The van der Waals surface area contributed by atoms with Crippen LogP contribution < -0.4 is 0 Å². The summed E-state index contributed by atoms with van der Waals surface area (Å²) < 4.78 is 4.80. The Morgan fingerprint density at radius 2 is 1.93 bits per heavy atom. The van der Waals surface area contributed by atoms with Crippen LogP contribution in [0.1, 0.15) is 25.0 Å². The molecule has 1 rings (SSSR count). The monoisotopic (exact) mass is 208 g/mol. The van der Waals surface area contributed by atoms with Crippen LogP contribution in [0.4, 0.5) is 0 Å². The van der Waals surface area contributed by atoms with E-state index < -0.39 is 5.60 Å². The summed E-state index contributed by atoms with van der Waals surface area (Å²) in [5, 5.41) is 10.0. The topological polar surface area (TPSA) is 46.5 Å². The average Bonchev–Trinajstić information content (AvgIpc) is 2.16. The van der Waals surface area contributed by atoms with Gasteiger partial charge in [0.15, 0.2) is 0 Å². The van der Waals surface area contributed by atoms with E-state index in [1.165, 1.54) is 6.92 Å². The van der Waals surface area contributed by atoms with Gasteiger partial charge < -0.3 is 9.84 Å². The lowest BCUT2D eigenvalue weighted by atomic mass is 9.96. The maximum absolute atomic E-state index is 10.6. The third-order valence-corrected chi connectivity index (χ3v) is 2.23. The van der Waals surface area contributed by atoms with Crippen LogP contribution >= 0.6 is 0 Å². The molecule has 3 nitrogen and oxygen atoms in total. The summed E-state index contributed by atoms with van der Waals surface area (Å²) in [5.74, 6) is -0.387. The Bertz CT molecular complexity index is 338. The standard InChI is InChI=1S/C12H16O3/c1-9-4-6-11(7-5-9)12(3,14)8-15-10(2)13/h4-7,14H,8H2,1-3H3/t12-/m0/s1. The summed E-state index contributed by atoms with van der Waals surface area (Å²) in [4.78, 5) is 10.6. The van der Waals surface area contributed by atoms with Gasteiger partial charge in [-0.1, -0.05) is 29.8 Å². The van der Waals surface area contributed by atoms with E-state index in [-0.39, 0.29) is 12.6 Å². The predicted molar refractivity (Wildman–Crippen MR) is 57.4 cm³/mol. The quantitative estimate of drug-likeness (QED) is 0.770. The third-order valence-electron chi connectivity index (χ3n) is 2.23. The summed E-state index contributed by atoms with van der Waals surface area (Å²) in [5.41, 5.74) is 0.746. The summed E-state index contributed by atoms with van der Waals surface area (Å²) >= 11 is 0. The van der Waals surface area contributed by atoms with E-state index in [9.17, 15) is 9.90 Å². The number of rotatable bonds is 3. The molecule has 0 aromatic heterocycles. The van der Waals surface area contributed by atoms with E-state index in [2.05, 4.69) is 0 Å². The Balaban J connectivity index is 2.76. The molecule has 0 aliphatic carbocycles. The lowest BCUT2D eigenvalue weighted by molar-refractivity contribution is -0.148. The fourth-order valence-corrected chi connectivity index (χ4v) is 1.24. The van der Waals surface area contributed by atoms with Crippen molar-refractivity contribution in [2.24, 2.45) is 0 Å². The van der Waals surface area contributed by atoms with Gasteiger partial charge in [-0.3, -0.25) is 4.79 Å². The third kappa shape index (κ3) is 3.36. The largest absolute Gasteiger partial charge is 0.462 e.